The molecule has 2 N–H and O–H groups in total. The van der Waals surface area contributed by atoms with Crippen molar-refractivity contribution in [2.75, 3.05) is 6.54 Å². The summed E-state index contributed by atoms with van der Waals surface area (Å²) in [6.07, 6.45) is 5.33. The quantitative estimate of drug-likeness (QED) is 0.834. The fraction of sp³-hybridized carbons (Fsp3) is 0.625. The lowest BCUT2D eigenvalue weighted by Crippen LogP contribution is -2.39. The van der Waals surface area contributed by atoms with Crippen molar-refractivity contribution in [1.29, 1.82) is 0 Å². The molecule has 1 aromatic carbocycles. The lowest BCUT2D eigenvalue weighted by molar-refractivity contribution is 0.344. The molecule has 2 rings (SSSR count). The smallest absolute Gasteiger partial charge is 0.0210 e. The summed E-state index contributed by atoms with van der Waals surface area (Å²) in [6, 6.07) is 9.93. The van der Waals surface area contributed by atoms with Crippen LogP contribution in [0.5, 0.6) is 0 Å². The van der Waals surface area contributed by atoms with Crippen molar-refractivity contribution < 1.29 is 0 Å². The maximum absolute atomic E-state index is 3.65. The minimum atomic E-state index is 0.584. The fourth-order valence-corrected chi connectivity index (χ4v) is 2.73. The summed E-state index contributed by atoms with van der Waals surface area (Å²) in [4.78, 5) is 0. The second kappa shape index (κ2) is 6.91. The summed E-state index contributed by atoms with van der Waals surface area (Å²) in [5.41, 5.74) is 2.80. The van der Waals surface area contributed by atoms with Gasteiger partial charge in [-0.1, -0.05) is 30.7 Å². The lowest BCUT2D eigenvalue weighted by Gasteiger charge is -2.26. The van der Waals surface area contributed by atoms with Gasteiger partial charge in [0.05, 0.1) is 0 Å². The van der Waals surface area contributed by atoms with Crippen LogP contribution in [0, 0.1) is 6.92 Å². The van der Waals surface area contributed by atoms with Crippen LogP contribution in [0.1, 0.15) is 43.7 Å². The standard InChI is InChI=1S/C16H26N2/c1-13-7-3-4-8-15(13)12-18-14(2)11-16-9-5-6-10-17-16/h3-4,7-8,14,16-18H,5-6,9-12H2,1-2H3. The number of aryl methyl sites for hydroxylation is 1. The molecular weight excluding hydrogens is 220 g/mol. The molecule has 2 heteroatoms. The van der Waals surface area contributed by atoms with Gasteiger partial charge in [-0.25, -0.2) is 0 Å². The molecule has 18 heavy (non-hydrogen) atoms. The normalized spacial score (nSPS) is 21.8. The average molecular weight is 246 g/mol. The van der Waals surface area contributed by atoms with E-state index in [9.17, 15) is 0 Å². The monoisotopic (exact) mass is 246 g/mol. The van der Waals surface area contributed by atoms with E-state index in [1.54, 1.807) is 0 Å². The second-order valence-corrected chi connectivity index (χ2v) is 5.59. The van der Waals surface area contributed by atoms with E-state index >= 15 is 0 Å². The van der Waals surface area contributed by atoms with Crippen LogP contribution < -0.4 is 10.6 Å². The third-order valence-electron chi connectivity index (χ3n) is 3.95. The van der Waals surface area contributed by atoms with E-state index < -0.39 is 0 Å². The van der Waals surface area contributed by atoms with Gasteiger partial charge in [-0.3, -0.25) is 0 Å². The number of rotatable bonds is 5. The predicted octanol–water partition coefficient (Wildman–Crippen LogP) is 3.01. The van der Waals surface area contributed by atoms with Gasteiger partial charge < -0.3 is 10.6 Å². The Morgan fingerprint density at radius 1 is 1.33 bits per heavy atom. The number of nitrogens with one attached hydrogen (secondary N) is 2. The topological polar surface area (TPSA) is 24.1 Å². The van der Waals surface area contributed by atoms with Gasteiger partial charge in [0.15, 0.2) is 0 Å². The predicted molar refractivity (Wildman–Crippen MR) is 77.7 cm³/mol. The van der Waals surface area contributed by atoms with Gasteiger partial charge >= 0.3 is 0 Å². The maximum Gasteiger partial charge on any atom is 0.0210 e. The largest absolute Gasteiger partial charge is 0.314 e. The highest BCUT2D eigenvalue weighted by Gasteiger charge is 2.15. The third kappa shape index (κ3) is 4.11. The molecule has 2 atom stereocenters. The van der Waals surface area contributed by atoms with Gasteiger partial charge in [0, 0.05) is 18.6 Å². The summed E-state index contributed by atoms with van der Waals surface area (Å²) in [5, 5.41) is 7.27. The third-order valence-corrected chi connectivity index (χ3v) is 3.95. The first-order valence-corrected chi connectivity index (χ1v) is 7.27. The SMILES string of the molecule is Cc1ccccc1CNC(C)CC1CCCCN1. The molecule has 1 saturated heterocycles. The van der Waals surface area contributed by atoms with E-state index in [2.05, 4.69) is 48.7 Å². The van der Waals surface area contributed by atoms with Crippen LogP contribution in [0.15, 0.2) is 24.3 Å². The second-order valence-electron chi connectivity index (χ2n) is 5.59. The van der Waals surface area contributed by atoms with Gasteiger partial charge in [0.2, 0.25) is 0 Å². The molecule has 0 bridgehead atoms. The van der Waals surface area contributed by atoms with E-state index in [-0.39, 0.29) is 0 Å². The molecule has 0 spiro atoms. The molecule has 0 aromatic heterocycles. The van der Waals surface area contributed by atoms with Crippen LogP contribution in [0.3, 0.4) is 0 Å². The number of hydrogen-bond donors (Lipinski definition) is 2. The summed E-state index contributed by atoms with van der Waals surface area (Å²) < 4.78 is 0. The number of piperidine rings is 1. The van der Waals surface area contributed by atoms with Crippen LogP contribution in [0.4, 0.5) is 0 Å². The number of benzene rings is 1. The highest BCUT2D eigenvalue weighted by molar-refractivity contribution is 5.25. The van der Waals surface area contributed by atoms with E-state index in [1.807, 2.05) is 0 Å². The highest BCUT2D eigenvalue weighted by atomic mass is 15.0. The van der Waals surface area contributed by atoms with Crippen molar-refractivity contribution >= 4 is 0 Å². The summed E-state index contributed by atoms with van der Waals surface area (Å²) in [6.45, 7) is 6.68. The Morgan fingerprint density at radius 2 is 2.17 bits per heavy atom. The molecule has 0 amide bonds. The average Bonchev–Trinajstić information content (AvgIpc) is 2.39. The van der Waals surface area contributed by atoms with Gasteiger partial charge in [-0.15, -0.1) is 0 Å². The molecule has 100 valence electrons. The van der Waals surface area contributed by atoms with Crippen molar-refractivity contribution in [2.45, 2.75) is 58.2 Å². The Hall–Kier alpha value is -0.860. The molecular formula is C16H26N2. The Kier molecular flexibility index (Phi) is 5.21. The van der Waals surface area contributed by atoms with Crippen LogP contribution in [0.2, 0.25) is 0 Å². The van der Waals surface area contributed by atoms with Gasteiger partial charge in [-0.05, 0) is 50.8 Å². The zero-order chi connectivity index (χ0) is 12.8. The highest BCUT2D eigenvalue weighted by Crippen LogP contribution is 2.13. The van der Waals surface area contributed by atoms with Crippen LogP contribution >= 0.6 is 0 Å². The maximum atomic E-state index is 3.65. The van der Waals surface area contributed by atoms with E-state index in [1.165, 1.54) is 43.4 Å². The molecule has 1 aliphatic rings. The van der Waals surface area contributed by atoms with Gasteiger partial charge in [0.25, 0.3) is 0 Å². The molecule has 2 nitrogen and oxygen atoms in total. The molecule has 1 aliphatic heterocycles. The molecule has 1 fully saturated rings. The van der Waals surface area contributed by atoms with E-state index in [0.29, 0.717) is 6.04 Å². The molecule has 0 aliphatic carbocycles. The van der Waals surface area contributed by atoms with Crippen molar-refractivity contribution in [3.63, 3.8) is 0 Å². The molecule has 1 heterocycles. The number of hydrogen-bond acceptors (Lipinski definition) is 2. The van der Waals surface area contributed by atoms with Crippen molar-refractivity contribution in [3.8, 4) is 0 Å². The molecule has 0 radical (unpaired) electrons. The van der Waals surface area contributed by atoms with Crippen molar-refractivity contribution in [1.82, 2.24) is 10.6 Å². The Morgan fingerprint density at radius 3 is 2.89 bits per heavy atom. The first-order valence-electron chi connectivity index (χ1n) is 7.27. The Labute approximate surface area is 111 Å². The van der Waals surface area contributed by atoms with Crippen LogP contribution in [-0.4, -0.2) is 18.6 Å². The van der Waals surface area contributed by atoms with Crippen LogP contribution in [-0.2, 0) is 6.54 Å². The van der Waals surface area contributed by atoms with Gasteiger partial charge in [-0.2, -0.15) is 0 Å². The summed E-state index contributed by atoms with van der Waals surface area (Å²) in [5.74, 6) is 0. The Balaban J connectivity index is 1.74. The summed E-state index contributed by atoms with van der Waals surface area (Å²) >= 11 is 0. The lowest BCUT2D eigenvalue weighted by atomic mass is 9.98. The minimum absolute atomic E-state index is 0.584. The first-order chi connectivity index (χ1) is 8.75. The zero-order valence-corrected chi connectivity index (χ0v) is 11.7. The Bertz CT molecular complexity index is 356. The summed E-state index contributed by atoms with van der Waals surface area (Å²) in [7, 11) is 0. The molecule has 0 saturated carbocycles. The van der Waals surface area contributed by atoms with Gasteiger partial charge in [0.1, 0.15) is 0 Å². The molecule has 1 aromatic rings. The van der Waals surface area contributed by atoms with Crippen LogP contribution in [0.25, 0.3) is 0 Å². The minimum Gasteiger partial charge on any atom is -0.314 e. The fourth-order valence-electron chi connectivity index (χ4n) is 2.73. The molecule has 2 unspecified atom stereocenters. The zero-order valence-electron chi connectivity index (χ0n) is 11.7. The van der Waals surface area contributed by atoms with Crippen molar-refractivity contribution in [2.24, 2.45) is 0 Å². The van der Waals surface area contributed by atoms with E-state index in [4.69, 9.17) is 0 Å². The van der Waals surface area contributed by atoms with Crippen molar-refractivity contribution in [3.05, 3.63) is 35.4 Å². The first kappa shape index (κ1) is 13.6. The van der Waals surface area contributed by atoms with E-state index in [0.717, 1.165) is 12.6 Å².